The molecular weight excluding hydrogens is 1030 g/mol. The van der Waals surface area contributed by atoms with Gasteiger partial charge < -0.3 is 29.5 Å². The number of aliphatic hydroxyl groups excluding tert-OH is 1. The number of fused-ring (bicyclic) bond motifs is 2. The number of Topliss-reactive ketones (excluding diaryl/α,β-unsaturated/α-hetero) is 1. The molecule has 78 heavy (non-hydrogen) atoms. The molecule has 0 radical (unpaired) electrons. The number of ether oxygens (including phenoxy) is 3. The highest BCUT2D eigenvalue weighted by molar-refractivity contribution is 5.88. The molecule has 0 spiro atoms. The number of ketones is 1. The summed E-state index contributed by atoms with van der Waals surface area (Å²) in [5.74, 6) is -0.535. The van der Waals surface area contributed by atoms with Gasteiger partial charge in [-0.15, -0.1) is 0 Å². The molecule has 2 amide bonds. The molecule has 3 saturated heterocycles. The van der Waals surface area contributed by atoms with Crippen molar-refractivity contribution in [1.82, 2.24) is 35.4 Å². The predicted octanol–water partition coefficient (Wildman–Crippen LogP) is 7.62. The second-order valence-electron chi connectivity index (χ2n) is 21.7. The molecule has 3 fully saturated rings. The van der Waals surface area contributed by atoms with Crippen LogP contribution in [0.3, 0.4) is 0 Å². The number of aliphatic hydroxyl groups is 1. The number of nitrogens with zero attached hydrogens (tertiary/aromatic N) is 6. The zero-order valence-corrected chi connectivity index (χ0v) is 44.4. The largest absolute Gasteiger partial charge is 0.469 e. The zero-order valence-electron chi connectivity index (χ0n) is 44.4. The van der Waals surface area contributed by atoms with E-state index in [0.29, 0.717) is 34.8 Å². The molecule has 5 heterocycles. The van der Waals surface area contributed by atoms with Crippen LogP contribution in [0.5, 0.6) is 0 Å². The lowest BCUT2D eigenvalue weighted by Gasteiger charge is -2.47. The van der Waals surface area contributed by atoms with Crippen LogP contribution in [0.1, 0.15) is 89.1 Å². The number of carbonyl (C=O) groups excluding carboxylic acids is 4. The monoisotopic (exact) mass is 1100 g/mol. The Kier molecular flexibility index (Phi) is 18.6. The lowest BCUT2D eigenvalue weighted by molar-refractivity contribution is -0.220. The Bertz CT molecular complexity index is 2790. The van der Waals surface area contributed by atoms with Crippen LogP contribution in [-0.4, -0.2) is 137 Å². The maximum atomic E-state index is 16.1. The van der Waals surface area contributed by atoms with Gasteiger partial charge in [0.2, 0.25) is 5.91 Å². The first-order chi connectivity index (χ1) is 36.8. The summed E-state index contributed by atoms with van der Waals surface area (Å²) >= 11 is 0. The van der Waals surface area contributed by atoms with Crippen molar-refractivity contribution in [1.29, 1.82) is 0 Å². The summed E-state index contributed by atoms with van der Waals surface area (Å²) in [6.07, 6.45) is -3.77. The highest BCUT2D eigenvalue weighted by Crippen LogP contribution is 2.42. The van der Waals surface area contributed by atoms with Crippen molar-refractivity contribution in [3.63, 3.8) is 0 Å². The Morgan fingerprint density at radius 2 is 1.49 bits per heavy atom. The number of alkyl carbamates (subject to hydrolysis) is 1. The third kappa shape index (κ3) is 14.2. The molecule has 3 aliphatic heterocycles. The molecule has 3 aliphatic rings. The van der Waals surface area contributed by atoms with Crippen LogP contribution in [0.2, 0.25) is 0 Å². The Labute approximate surface area is 447 Å². The van der Waals surface area contributed by atoms with E-state index in [1.165, 1.54) is 0 Å². The zero-order chi connectivity index (χ0) is 56.9. The number of piperazine rings is 1. The summed E-state index contributed by atoms with van der Waals surface area (Å²) in [6, 6.07) is 11.3. The van der Waals surface area contributed by atoms with E-state index in [-0.39, 0.29) is 22.2 Å². The highest BCUT2D eigenvalue weighted by Gasteiger charge is 2.56. The quantitative estimate of drug-likeness (QED) is 0.0341. The number of benzene rings is 2. The first-order valence-corrected chi connectivity index (χ1v) is 25.5. The fourth-order valence-electron chi connectivity index (χ4n) is 10.2. The number of halogens is 7. The number of esters is 1. The average Bonchev–Trinajstić information content (AvgIpc) is 4.01. The number of aromatic nitrogens is 3. The Morgan fingerprint density at radius 3 is 2.01 bits per heavy atom. The number of hydrazine groups is 1. The Balaban J connectivity index is 1.16. The molecule has 23 heteroatoms. The summed E-state index contributed by atoms with van der Waals surface area (Å²) in [7, 11) is 2.02. The van der Waals surface area contributed by atoms with Gasteiger partial charge in [-0.25, -0.2) is 28.3 Å². The van der Waals surface area contributed by atoms with Crippen molar-refractivity contribution in [2.24, 2.45) is 22.7 Å². The molecule has 2 aromatic carbocycles. The van der Waals surface area contributed by atoms with Crippen molar-refractivity contribution in [2.45, 2.75) is 116 Å². The summed E-state index contributed by atoms with van der Waals surface area (Å²) in [5, 5.41) is 18.7. The van der Waals surface area contributed by atoms with E-state index < -0.39 is 114 Å². The van der Waals surface area contributed by atoms with Gasteiger partial charge in [0.25, 0.3) is 0 Å². The van der Waals surface area contributed by atoms with Crippen molar-refractivity contribution in [3.8, 4) is 23.0 Å². The van der Waals surface area contributed by atoms with Gasteiger partial charge in [0.05, 0.1) is 63.5 Å². The topological polar surface area (TPSA) is 181 Å². The van der Waals surface area contributed by atoms with Crippen molar-refractivity contribution in [2.75, 3.05) is 52.0 Å². The van der Waals surface area contributed by atoms with Gasteiger partial charge in [0.15, 0.2) is 5.78 Å². The van der Waals surface area contributed by atoms with E-state index >= 15 is 8.78 Å². The first-order valence-electron chi connectivity index (χ1n) is 25.5. The van der Waals surface area contributed by atoms with E-state index in [4.69, 9.17) is 14.5 Å². The summed E-state index contributed by atoms with van der Waals surface area (Å²) in [5.41, 5.74) is -0.433. The van der Waals surface area contributed by atoms with Gasteiger partial charge in [-0.1, -0.05) is 44.7 Å². The third-order valence-corrected chi connectivity index (χ3v) is 14.9. The van der Waals surface area contributed by atoms with Crippen LogP contribution in [0.4, 0.5) is 41.3 Å². The number of alkyl halides is 5. The number of hydrogen-bond donors (Lipinski definition) is 3. The van der Waals surface area contributed by atoms with Gasteiger partial charge in [0.1, 0.15) is 23.5 Å². The summed E-state index contributed by atoms with van der Waals surface area (Å²) in [4.78, 5) is 63.0. The van der Waals surface area contributed by atoms with Crippen LogP contribution < -0.4 is 15.6 Å². The lowest BCUT2D eigenvalue weighted by atomic mass is 9.77. The predicted molar refractivity (Wildman–Crippen MR) is 271 cm³/mol. The normalized spacial score (nSPS) is 18.6. The van der Waals surface area contributed by atoms with E-state index in [0.717, 1.165) is 103 Å². The number of pyridine rings is 1. The number of anilines is 1. The Morgan fingerprint density at radius 1 is 0.859 bits per heavy atom. The minimum Gasteiger partial charge on any atom is -0.469 e. The number of methoxy groups -OCH3 is 2. The van der Waals surface area contributed by atoms with E-state index in [9.17, 15) is 46.2 Å². The number of carbonyl (C=O) groups is 4. The van der Waals surface area contributed by atoms with E-state index in [1.807, 2.05) is 17.4 Å². The summed E-state index contributed by atoms with van der Waals surface area (Å²) < 4.78 is 118. The minimum atomic E-state index is -5.04. The number of rotatable bonds is 20. The molecule has 7 rings (SSSR count). The molecule has 3 N–H and O–H groups in total. The molecule has 0 aliphatic carbocycles. The fourth-order valence-corrected chi connectivity index (χ4v) is 10.2. The van der Waals surface area contributed by atoms with Crippen molar-refractivity contribution in [3.05, 3.63) is 101 Å². The molecule has 0 saturated carbocycles. The fraction of sp³-hybridized carbons (Fsp3) is 0.527. The van der Waals surface area contributed by atoms with Crippen molar-refractivity contribution >= 4 is 29.6 Å². The molecule has 2 unspecified atom stereocenters. The highest BCUT2D eigenvalue weighted by atomic mass is 19.4. The van der Waals surface area contributed by atoms with E-state index in [1.54, 1.807) is 51.2 Å². The lowest BCUT2D eigenvalue weighted by Crippen LogP contribution is -2.62. The van der Waals surface area contributed by atoms with Crippen LogP contribution in [-0.2, 0) is 41.6 Å². The van der Waals surface area contributed by atoms with Gasteiger partial charge in [-0.3, -0.25) is 24.7 Å². The molecule has 16 nitrogen and oxygen atoms in total. The van der Waals surface area contributed by atoms with Crippen molar-refractivity contribution < 1.29 is 69.2 Å². The maximum Gasteiger partial charge on any atom is 0.407 e. The number of nitrogens with one attached hydrogen (secondary N) is 2. The average molecular weight is 1100 g/mol. The Hall–Kier alpha value is -6.61. The third-order valence-electron chi connectivity index (χ3n) is 14.9. The SMILES string of the molecule is COC(=O)C[C@H](C(=O)NN(Cc1c(F)cc(-c2cnn(C(F)F)c2)cc1F)C[C@H](O)[C@@H](CC(=O)[C@@H](NC(=O)OC)C(C)(C)C(F)(F)F)Cc1ccc(C#Cc2ccc(N3CC4CCC(C3)N4C3COC3)nc2)cc1)C(C)(C)C. The van der Waals surface area contributed by atoms with Gasteiger partial charge >= 0.3 is 24.8 Å². The summed E-state index contributed by atoms with van der Waals surface area (Å²) in [6.45, 7) is 5.13. The van der Waals surface area contributed by atoms with Gasteiger partial charge in [-0.05, 0) is 92.0 Å². The first kappa shape index (κ1) is 59.1. The smallest absolute Gasteiger partial charge is 0.407 e. The van der Waals surface area contributed by atoms with Gasteiger partial charge in [-0.2, -0.15) is 27.1 Å². The molecule has 422 valence electrons. The van der Waals surface area contributed by atoms with Crippen LogP contribution in [0, 0.1) is 46.1 Å². The maximum absolute atomic E-state index is 16.1. The molecule has 6 atom stereocenters. The van der Waals surface area contributed by atoms with Crippen LogP contribution >= 0.6 is 0 Å². The van der Waals surface area contributed by atoms with Crippen LogP contribution in [0.15, 0.2) is 67.1 Å². The second-order valence-corrected chi connectivity index (χ2v) is 21.7. The molecule has 2 bridgehead atoms. The number of hydrogen-bond acceptors (Lipinski definition) is 13. The van der Waals surface area contributed by atoms with E-state index in [2.05, 4.69) is 36.9 Å². The molecular formula is C55H65F7N8O8. The van der Waals surface area contributed by atoms with Crippen LogP contribution in [0.25, 0.3) is 11.1 Å². The standard InChI is InChI=1S/C55H65F7N8O8/c1-53(2,3)42(22-48(73)76-6)50(74)66-68(28-41-43(56)19-35(20-44(41)57)37-24-64-69(25-37)51(58)59)29-46(72)36(21-45(71)49(65-52(75)77-7)54(4,5)55(60,61)62)18-33-11-8-32(9-12-33)10-13-34-14-17-47(63-23-34)67-26-38-15-16-39(27-67)70(38)40-30-78-31-40/h8-9,11-12,14,17,19-20,23-25,36,38-40,42,46,49,51,72H,15-16,18,21-22,26-31H2,1-7H3,(H,65,75)(H,66,74)/t36-,38?,39?,42-,46+,49-/m1/s1. The minimum absolute atomic E-state index is 0.0497. The second kappa shape index (κ2) is 24.6. The number of amides is 2. The van der Waals surface area contributed by atoms with Gasteiger partial charge in [0, 0.05) is 79.3 Å². The molecule has 2 aromatic heterocycles. The molecule has 4 aromatic rings.